The largest absolute Gasteiger partial charge is 0.423 e. The van der Waals surface area contributed by atoms with Gasteiger partial charge in [-0.1, -0.05) is 19.8 Å². The molecular weight excluding hydrogens is 316 g/mol. The van der Waals surface area contributed by atoms with E-state index >= 15 is 0 Å². The van der Waals surface area contributed by atoms with Crippen molar-refractivity contribution < 1.29 is 18.0 Å². The van der Waals surface area contributed by atoms with Crippen LogP contribution < -0.4 is 5.32 Å². The number of aryl methyl sites for hydroxylation is 1. The highest BCUT2D eigenvalue weighted by Gasteiger charge is 2.43. The monoisotopic (exact) mass is 335 g/mol. The summed E-state index contributed by atoms with van der Waals surface area (Å²) in [6, 6.07) is 3.31. The number of amides is 1. The second kappa shape index (κ2) is 6.67. The van der Waals surface area contributed by atoms with E-state index in [0.29, 0.717) is 36.6 Å². The molecule has 1 heterocycles. The standard InChI is InChI=1S/C17H19F2N3O2/c1-2-14-21-22-15(24-14)10-20-16(23)17(5-3-4-6-17)11-7-12(18)9-13(19)8-11/h7-9H,2-6,10H2,1H3,(H,20,23). The molecule has 0 aliphatic heterocycles. The molecule has 1 aromatic carbocycles. The van der Waals surface area contributed by atoms with E-state index in [9.17, 15) is 13.6 Å². The zero-order valence-corrected chi connectivity index (χ0v) is 13.4. The predicted molar refractivity (Wildman–Crippen MR) is 82.0 cm³/mol. The van der Waals surface area contributed by atoms with E-state index in [1.807, 2.05) is 6.92 Å². The van der Waals surface area contributed by atoms with Gasteiger partial charge in [0.25, 0.3) is 0 Å². The third-order valence-electron chi connectivity index (χ3n) is 4.52. The van der Waals surface area contributed by atoms with Crippen molar-refractivity contribution in [3.63, 3.8) is 0 Å². The Balaban J connectivity index is 1.80. The van der Waals surface area contributed by atoms with Gasteiger partial charge in [-0.2, -0.15) is 0 Å². The highest BCUT2D eigenvalue weighted by molar-refractivity contribution is 5.88. The maximum absolute atomic E-state index is 13.6. The van der Waals surface area contributed by atoms with Crippen molar-refractivity contribution in [1.29, 1.82) is 0 Å². The molecule has 0 unspecified atom stereocenters. The molecule has 1 fully saturated rings. The van der Waals surface area contributed by atoms with Crippen molar-refractivity contribution in [3.05, 3.63) is 47.2 Å². The third-order valence-corrected chi connectivity index (χ3v) is 4.52. The molecule has 1 N–H and O–H groups in total. The quantitative estimate of drug-likeness (QED) is 0.912. The van der Waals surface area contributed by atoms with Crippen LogP contribution in [0.5, 0.6) is 0 Å². The fourth-order valence-electron chi connectivity index (χ4n) is 3.28. The van der Waals surface area contributed by atoms with E-state index < -0.39 is 17.0 Å². The zero-order chi connectivity index (χ0) is 17.2. The summed E-state index contributed by atoms with van der Waals surface area (Å²) in [6.45, 7) is 1.99. The first-order valence-electron chi connectivity index (χ1n) is 8.09. The van der Waals surface area contributed by atoms with Crippen molar-refractivity contribution in [2.75, 3.05) is 0 Å². The molecule has 0 saturated heterocycles. The Morgan fingerprint density at radius 1 is 1.17 bits per heavy atom. The van der Waals surface area contributed by atoms with Gasteiger partial charge in [-0.25, -0.2) is 8.78 Å². The summed E-state index contributed by atoms with van der Waals surface area (Å²) in [4.78, 5) is 12.8. The maximum atomic E-state index is 13.6. The van der Waals surface area contributed by atoms with Gasteiger partial charge in [0, 0.05) is 12.5 Å². The molecule has 0 bridgehead atoms. The number of carbonyl (C=O) groups is 1. The van der Waals surface area contributed by atoms with E-state index in [2.05, 4.69) is 15.5 Å². The Morgan fingerprint density at radius 2 is 1.79 bits per heavy atom. The lowest BCUT2D eigenvalue weighted by Gasteiger charge is -2.28. The first-order valence-corrected chi connectivity index (χ1v) is 8.09. The normalized spacial score (nSPS) is 16.3. The molecule has 1 aliphatic rings. The van der Waals surface area contributed by atoms with Gasteiger partial charge < -0.3 is 9.73 Å². The lowest BCUT2D eigenvalue weighted by atomic mass is 9.78. The molecule has 128 valence electrons. The van der Waals surface area contributed by atoms with Gasteiger partial charge in [0.1, 0.15) is 11.6 Å². The average molecular weight is 335 g/mol. The SMILES string of the molecule is CCc1nnc(CNC(=O)C2(c3cc(F)cc(F)c3)CCCC2)o1. The van der Waals surface area contributed by atoms with Gasteiger partial charge in [0.15, 0.2) is 0 Å². The van der Waals surface area contributed by atoms with Crippen LogP contribution in [0.1, 0.15) is 50.0 Å². The van der Waals surface area contributed by atoms with E-state index in [1.165, 1.54) is 12.1 Å². The first-order chi connectivity index (χ1) is 11.5. The second-order valence-corrected chi connectivity index (χ2v) is 6.07. The number of benzene rings is 1. The molecule has 0 spiro atoms. The minimum atomic E-state index is -0.906. The highest BCUT2D eigenvalue weighted by Crippen LogP contribution is 2.41. The number of rotatable bonds is 5. The Morgan fingerprint density at radius 3 is 2.38 bits per heavy atom. The lowest BCUT2D eigenvalue weighted by molar-refractivity contribution is -0.127. The third kappa shape index (κ3) is 3.16. The molecular formula is C17H19F2N3O2. The van der Waals surface area contributed by atoms with Crippen molar-refractivity contribution in [3.8, 4) is 0 Å². The number of aromatic nitrogens is 2. The van der Waals surface area contributed by atoms with Gasteiger partial charge >= 0.3 is 0 Å². The number of carbonyl (C=O) groups excluding carboxylic acids is 1. The zero-order valence-electron chi connectivity index (χ0n) is 13.4. The van der Waals surface area contributed by atoms with Gasteiger partial charge in [-0.05, 0) is 30.5 Å². The fourth-order valence-corrected chi connectivity index (χ4v) is 3.28. The van der Waals surface area contributed by atoms with Crippen LogP contribution >= 0.6 is 0 Å². The maximum Gasteiger partial charge on any atom is 0.235 e. The van der Waals surface area contributed by atoms with Crippen molar-refractivity contribution in [2.24, 2.45) is 0 Å². The molecule has 2 aromatic rings. The second-order valence-electron chi connectivity index (χ2n) is 6.07. The molecule has 1 saturated carbocycles. The molecule has 1 aromatic heterocycles. The van der Waals surface area contributed by atoms with E-state index in [1.54, 1.807) is 0 Å². The summed E-state index contributed by atoms with van der Waals surface area (Å²) < 4.78 is 32.6. The van der Waals surface area contributed by atoms with Crippen LogP contribution in [0, 0.1) is 11.6 Å². The average Bonchev–Trinajstić information content (AvgIpc) is 3.21. The van der Waals surface area contributed by atoms with Crippen molar-refractivity contribution >= 4 is 5.91 Å². The molecule has 0 atom stereocenters. The summed E-state index contributed by atoms with van der Waals surface area (Å²) >= 11 is 0. The highest BCUT2D eigenvalue weighted by atomic mass is 19.1. The summed E-state index contributed by atoms with van der Waals surface area (Å²) in [6.07, 6.45) is 3.42. The van der Waals surface area contributed by atoms with Gasteiger partial charge in [-0.3, -0.25) is 4.79 Å². The molecule has 24 heavy (non-hydrogen) atoms. The Bertz CT molecular complexity index is 719. The van der Waals surface area contributed by atoms with Crippen LogP contribution in [-0.4, -0.2) is 16.1 Å². The fraction of sp³-hybridized carbons (Fsp3) is 0.471. The first kappa shape index (κ1) is 16.5. The van der Waals surface area contributed by atoms with Crippen LogP contribution in [0.15, 0.2) is 22.6 Å². The van der Waals surface area contributed by atoms with Crippen LogP contribution in [0.4, 0.5) is 8.78 Å². The Kier molecular flexibility index (Phi) is 4.59. The lowest BCUT2D eigenvalue weighted by Crippen LogP contribution is -2.42. The number of nitrogens with zero attached hydrogens (tertiary/aromatic N) is 2. The number of halogens is 2. The summed E-state index contributed by atoms with van der Waals surface area (Å²) in [5, 5.41) is 10.5. The predicted octanol–water partition coefficient (Wildman–Crippen LogP) is 3.04. The van der Waals surface area contributed by atoms with Crippen molar-refractivity contribution in [1.82, 2.24) is 15.5 Å². The Hall–Kier alpha value is -2.31. The van der Waals surface area contributed by atoms with Crippen molar-refractivity contribution in [2.45, 2.75) is 51.0 Å². The number of hydrogen-bond acceptors (Lipinski definition) is 4. The molecule has 1 amide bonds. The van der Waals surface area contributed by atoms with Gasteiger partial charge in [0.05, 0.1) is 12.0 Å². The van der Waals surface area contributed by atoms with Crippen LogP contribution in [-0.2, 0) is 23.2 Å². The van der Waals surface area contributed by atoms with E-state index in [4.69, 9.17) is 4.42 Å². The summed E-state index contributed by atoms with van der Waals surface area (Å²) in [5.41, 5.74) is -0.522. The minimum absolute atomic E-state index is 0.103. The topological polar surface area (TPSA) is 68.0 Å². The van der Waals surface area contributed by atoms with Crippen LogP contribution in [0.25, 0.3) is 0 Å². The van der Waals surface area contributed by atoms with Gasteiger partial charge in [0.2, 0.25) is 17.7 Å². The summed E-state index contributed by atoms with van der Waals surface area (Å²) in [7, 11) is 0. The van der Waals surface area contributed by atoms with Crippen LogP contribution in [0.2, 0.25) is 0 Å². The molecule has 1 aliphatic carbocycles. The summed E-state index contributed by atoms with van der Waals surface area (Å²) in [5.74, 6) is -0.788. The van der Waals surface area contributed by atoms with Crippen LogP contribution in [0.3, 0.4) is 0 Å². The minimum Gasteiger partial charge on any atom is -0.423 e. The molecule has 3 rings (SSSR count). The number of hydrogen-bond donors (Lipinski definition) is 1. The molecule has 5 nitrogen and oxygen atoms in total. The van der Waals surface area contributed by atoms with E-state index in [-0.39, 0.29) is 12.5 Å². The molecule has 0 radical (unpaired) electrons. The molecule has 7 heteroatoms. The Labute approximate surface area is 138 Å². The van der Waals surface area contributed by atoms with Gasteiger partial charge in [-0.15, -0.1) is 10.2 Å². The number of nitrogens with one attached hydrogen (secondary N) is 1. The smallest absolute Gasteiger partial charge is 0.235 e. The van der Waals surface area contributed by atoms with E-state index in [0.717, 1.165) is 18.9 Å².